The third kappa shape index (κ3) is 5.15. The van der Waals surface area contributed by atoms with Crippen LogP contribution in [0, 0.1) is 0 Å². The lowest BCUT2D eigenvalue weighted by Gasteiger charge is -2.14. The van der Waals surface area contributed by atoms with E-state index in [0.717, 1.165) is 0 Å². The number of methoxy groups -OCH3 is 1. The van der Waals surface area contributed by atoms with Gasteiger partial charge in [0.2, 0.25) is 10.0 Å². The number of hydrogen-bond donors (Lipinski definition) is 2. The van der Waals surface area contributed by atoms with E-state index < -0.39 is 22.1 Å². The summed E-state index contributed by atoms with van der Waals surface area (Å²) in [5.74, 6) is -1.06. The summed E-state index contributed by atoms with van der Waals surface area (Å²) in [4.78, 5) is 10.6. The van der Waals surface area contributed by atoms with Crippen molar-refractivity contribution in [2.45, 2.75) is 17.4 Å². The number of carboxylic acid groups (broad SMARTS) is 1. The van der Waals surface area contributed by atoms with Crippen LogP contribution in [0.25, 0.3) is 0 Å². The molecule has 6 nitrogen and oxygen atoms in total. The number of hydrogen-bond acceptors (Lipinski definition) is 4. The van der Waals surface area contributed by atoms with Crippen LogP contribution in [0.5, 0.6) is 0 Å². The molecule has 1 aromatic carbocycles. The predicted octanol–water partition coefficient (Wildman–Crippen LogP) is 1.11. The van der Waals surface area contributed by atoms with Crippen LogP contribution < -0.4 is 4.72 Å². The van der Waals surface area contributed by atoms with Crippen LogP contribution in [0.15, 0.2) is 29.2 Å². The Morgan fingerprint density at radius 3 is 2.47 bits per heavy atom. The van der Waals surface area contributed by atoms with E-state index in [1.165, 1.54) is 31.4 Å². The highest BCUT2D eigenvalue weighted by Gasteiger charge is 2.18. The zero-order valence-corrected chi connectivity index (χ0v) is 11.7. The molecule has 106 valence electrons. The molecule has 1 rings (SSSR count). The third-order valence-electron chi connectivity index (χ3n) is 2.36. The molecule has 0 aliphatic rings. The molecule has 0 aliphatic heterocycles. The van der Waals surface area contributed by atoms with Crippen LogP contribution in [-0.4, -0.2) is 39.3 Å². The van der Waals surface area contributed by atoms with Gasteiger partial charge in [-0.2, -0.15) is 0 Å². The minimum atomic E-state index is -3.70. The monoisotopic (exact) mass is 307 g/mol. The van der Waals surface area contributed by atoms with Crippen molar-refractivity contribution in [2.24, 2.45) is 0 Å². The maximum Gasteiger partial charge on any atom is 0.306 e. The zero-order chi connectivity index (χ0) is 14.5. The SMILES string of the molecule is COC(CNS(=O)(=O)c1ccc(Cl)cc1)CC(=O)O. The average Bonchev–Trinajstić information content (AvgIpc) is 2.34. The van der Waals surface area contributed by atoms with E-state index in [9.17, 15) is 13.2 Å². The first kappa shape index (κ1) is 15.9. The summed E-state index contributed by atoms with van der Waals surface area (Å²) in [5.41, 5.74) is 0. The van der Waals surface area contributed by atoms with E-state index in [2.05, 4.69) is 4.72 Å². The molecule has 2 N–H and O–H groups in total. The van der Waals surface area contributed by atoms with Gasteiger partial charge in [0.25, 0.3) is 0 Å². The number of aliphatic carboxylic acids is 1. The quantitative estimate of drug-likeness (QED) is 0.787. The van der Waals surface area contributed by atoms with Gasteiger partial charge < -0.3 is 9.84 Å². The normalized spacial score (nSPS) is 13.2. The zero-order valence-electron chi connectivity index (χ0n) is 10.2. The number of ether oxygens (including phenoxy) is 1. The molecule has 0 aliphatic carbocycles. The summed E-state index contributed by atoms with van der Waals surface area (Å²) in [5, 5.41) is 9.05. The molecule has 0 fully saturated rings. The molecule has 0 spiro atoms. The standard InChI is InChI=1S/C11H14ClNO5S/c1-18-9(6-11(14)15)7-13-19(16,17)10-4-2-8(12)3-5-10/h2-5,9,13H,6-7H2,1H3,(H,14,15). The maximum absolute atomic E-state index is 11.9. The number of sulfonamides is 1. The van der Waals surface area contributed by atoms with Crippen molar-refractivity contribution in [3.05, 3.63) is 29.3 Å². The minimum absolute atomic E-state index is 0.0575. The van der Waals surface area contributed by atoms with Crippen molar-refractivity contribution >= 4 is 27.6 Å². The number of benzene rings is 1. The molecule has 0 bridgehead atoms. The number of carboxylic acids is 1. The first-order chi connectivity index (χ1) is 8.85. The summed E-state index contributed by atoms with van der Waals surface area (Å²) in [6.07, 6.45) is -1.00. The van der Waals surface area contributed by atoms with E-state index >= 15 is 0 Å². The Morgan fingerprint density at radius 1 is 1.42 bits per heavy atom. The van der Waals surface area contributed by atoms with Crippen LogP contribution in [0.4, 0.5) is 0 Å². The van der Waals surface area contributed by atoms with Crippen LogP contribution in [-0.2, 0) is 19.6 Å². The molecule has 0 radical (unpaired) electrons. The number of halogens is 1. The molecule has 0 amide bonds. The lowest BCUT2D eigenvalue weighted by molar-refractivity contribution is -0.139. The molecule has 19 heavy (non-hydrogen) atoms. The lowest BCUT2D eigenvalue weighted by Crippen LogP contribution is -2.34. The Labute approximate surface area is 116 Å². The van der Waals surface area contributed by atoms with Gasteiger partial charge in [-0.1, -0.05) is 11.6 Å². The fraction of sp³-hybridized carbons (Fsp3) is 0.364. The second kappa shape index (κ2) is 6.85. The van der Waals surface area contributed by atoms with Crippen LogP contribution in [0.2, 0.25) is 5.02 Å². The highest BCUT2D eigenvalue weighted by molar-refractivity contribution is 7.89. The first-order valence-electron chi connectivity index (χ1n) is 5.35. The fourth-order valence-corrected chi connectivity index (χ4v) is 2.53. The van der Waals surface area contributed by atoms with Crippen LogP contribution >= 0.6 is 11.6 Å². The molecule has 1 unspecified atom stereocenters. The Hall–Kier alpha value is -1.15. The van der Waals surface area contributed by atoms with Crippen molar-refractivity contribution in [1.82, 2.24) is 4.72 Å². The van der Waals surface area contributed by atoms with Gasteiger partial charge in [-0.05, 0) is 24.3 Å². The maximum atomic E-state index is 11.9. The van der Waals surface area contributed by atoms with Gasteiger partial charge in [-0.15, -0.1) is 0 Å². The van der Waals surface area contributed by atoms with Gasteiger partial charge in [0.1, 0.15) is 0 Å². The lowest BCUT2D eigenvalue weighted by atomic mass is 10.2. The Bertz CT molecular complexity index is 529. The number of carbonyl (C=O) groups is 1. The second-order valence-corrected chi connectivity index (χ2v) is 5.96. The average molecular weight is 308 g/mol. The second-order valence-electron chi connectivity index (χ2n) is 3.76. The van der Waals surface area contributed by atoms with E-state index in [0.29, 0.717) is 5.02 Å². The van der Waals surface area contributed by atoms with Gasteiger partial charge in [0.05, 0.1) is 17.4 Å². The predicted molar refractivity (Wildman–Crippen MR) is 69.7 cm³/mol. The minimum Gasteiger partial charge on any atom is -0.481 e. The molecular formula is C11H14ClNO5S. The van der Waals surface area contributed by atoms with E-state index in [-0.39, 0.29) is 17.9 Å². The van der Waals surface area contributed by atoms with Crippen molar-refractivity contribution in [3.8, 4) is 0 Å². The van der Waals surface area contributed by atoms with Crippen molar-refractivity contribution in [2.75, 3.05) is 13.7 Å². The molecular weight excluding hydrogens is 294 g/mol. The number of rotatable bonds is 7. The highest BCUT2D eigenvalue weighted by atomic mass is 35.5. The fourth-order valence-electron chi connectivity index (χ4n) is 1.33. The molecule has 0 heterocycles. The van der Waals surface area contributed by atoms with E-state index in [1.807, 2.05) is 0 Å². The molecule has 8 heteroatoms. The van der Waals surface area contributed by atoms with Crippen molar-refractivity contribution in [3.63, 3.8) is 0 Å². The van der Waals surface area contributed by atoms with Gasteiger partial charge in [-0.3, -0.25) is 4.79 Å². The number of nitrogens with one attached hydrogen (secondary N) is 1. The van der Waals surface area contributed by atoms with Crippen molar-refractivity contribution in [1.29, 1.82) is 0 Å². The molecule has 1 atom stereocenters. The van der Waals surface area contributed by atoms with Crippen molar-refractivity contribution < 1.29 is 23.1 Å². The summed E-state index contributed by atoms with van der Waals surface area (Å²) in [7, 11) is -2.38. The Morgan fingerprint density at radius 2 is 2.00 bits per heavy atom. The topological polar surface area (TPSA) is 92.7 Å². The van der Waals surface area contributed by atoms with Gasteiger partial charge in [-0.25, -0.2) is 13.1 Å². The van der Waals surface area contributed by atoms with Gasteiger partial charge >= 0.3 is 5.97 Å². The summed E-state index contributed by atoms with van der Waals surface area (Å²) >= 11 is 5.67. The largest absolute Gasteiger partial charge is 0.481 e. The van der Waals surface area contributed by atoms with Gasteiger partial charge in [0, 0.05) is 18.7 Å². The molecule has 0 saturated heterocycles. The summed E-state index contributed by atoms with van der Waals surface area (Å²) in [6.45, 7) is -0.117. The molecule has 0 saturated carbocycles. The Balaban J connectivity index is 2.69. The summed E-state index contributed by atoms with van der Waals surface area (Å²) in [6, 6.07) is 5.65. The van der Waals surface area contributed by atoms with Crippen LogP contribution in [0.3, 0.4) is 0 Å². The highest BCUT2D eigenvalue weighted by Crippen LogP contribution is 2.13. The Kier molecular flexibility index (Phi) is 5.74. The van der Waals surface area contributed by atoms with Crippen LogP contribution in [0.1, 0.15) is 6.42 Å². The van der Waals surface area contributed by atoms with E-state index in [1.54, 1.807) is 0 Å². The molecule has 0 aromatic heterocycles. The van der Waals surface area contributed by atoms with Gasteiger partial charge in [0.15, 0.2) is 0 Å². The van der Waals surface area contributed by atoms with E-state index in [4.69, 9.17) is 21.4 Å². The summed E-state index contributed by atoms with van der Waals surface area (Å²) < 4.78 is 31.0. The molecule has 1 aromatic rings. The smallest absolute Gasteiger partial charge is 0.306 e. The third-order valence-corrected chi connectivity index (χ3v) is 4.05. The first-order valence-corrected chi connectivity index (χ1v) is 7.21.